The lowest BCUT2D eigenvalue weighted by atomic mass is 9.97. The van der Waals surface area contributed by atoms with Crippen LogP contribution in [0.5, 0.6) is 0 Å². The van der Waals surface area contributed by atoms with Gasteiger partial charge in [-0.3, -0.25) is 4.79 Å². The summed E-state index contributed by atoms with van der Waals surface area (Å²) >= 11 is 0. The Labute approximate surface area is 121 Å². The quantitative estimate of drug-likeness (QED) is 0.658. The van der Waals surface area contributed by atoms with Crippen LogP contribution in [0.25, 0.3) is 0 Å². The topological polar surface area (TPSA) is 70.6 Å². The minimum absolute atomic E-state index is 0.0343. The second kappa shape index (κ2) is 7.38. The van der Waals surface area contributed by atoms with Crippen molar-refractivity contribution in [2.24, 2.45) is 0 Å². The Kier molecular flexibility index (Phi) is 5.81. The Morgan fingerprint density at radius 1 is 1.30 bits per heavy atom. The lowest BCUT2D eigenvalue weighted by Crippen LogP contribution is -2.49. The van der Waals surface area contributed by atoms with Crippen LogP contribution in [0.15, 0.2) is 0 Å². The fourth-order valence-electron chi connectivity index (χ4n) is 3.10. The van der Waals surface area contributed by atoms with Crippen molar-refractivity contribution in [3.63, 3.8) is 0 Å². The summed E-state index contributed by atoms with van der Waals surface area (Å²) in [6.45, 7) is 3.14. The Bertz CT molecular complexity index is 316. The molecule has 0 aromatic heterocycles. The monoisotopic (exact) mass is 284 g/mol. The first-order valence-corrected chi connectivity index (χ1v) is 7.94. The normalized spacial score (nSPS) is 32.0. The van der Waals surface area contributed by atoms with E-state index in [1.807, 2.05) is 6.92 Å². The van der Waals surface area contributed by atoms with Gasteiger partial charge in [-0.1, -0.05) is 25.7 Å². The zero-order valence-electron chi connectivity index (χ0n) is 12.5. The highest BCUT2D eigenvalue weighted by Gasteiger charge is 2.39. The summed E-state index contributed by atoms with van der Waals surface area (Å²) < 4.78 is 5.37. The number of ether oxygens (including phenoxy) is 1. The summed E-state index contributed by atoms with van der Waals surface area (Å²) in [4.78, 5) is 11.9. The highest BCUT2D eigenvalue weighted by molar-refractivity contribution is 5.78. The van der Waals surface area contributed by atoms with Gasteiger partial charge in [-0.05, 0) is 19.8 Å². The summed E-state index contributed by atoms with van der Waals surface area (Å²) in [7, 11) is 0. The second-order valence-corrected chi connectivity index (χ2v) is 6.23. The summed E-state index contributed by atoms with van der Waals surface area (Å²) in [6.07, 6.45) is 7.66. The van der Waals surface area contributed by atoms with Gasteiger partial charge in [0.05, 0.1) is 12.6 Å². The van der Waals surface area contributed by atoms with Gasteiger partial charge >= 0.3 is 0 Å². The molecular formula is C15H28N2O3. The minimum atomic E-state index is -0.831. The fourth-order valence-corrected chi connectivity index (χ4v) is 3.10. The number of hydrogen-bond acceptors (Lipinski definition) is 4. The number of carbonyl (C=O) groups excluding carboxylic acids is 1. The Morgan fingerprint density at radius 2 is 2.00 bits per heavy atom. The molecule has 0 aromatic rings. The zero-order valence-corrected chi connectivity index (χ0v) is 12.5. The van der Waals surface area contributed by atoms with Gasteiger partial charge in [0, 0.05) is 25.6 Å². The van der Waals surface area contributed by atoms with Crippen molar-refractivity contribution in [1.29, 1.82) is 0 Å². The molecule has 0 spiro atoms. The maximum atomic E-state index is 11.9. The predicted octanol–water partition coefficient (Wildman–Crippen LogP) is 0.955. The van der Waals surface area contributed by atoms with Gasteiger partial charge in [0.15, 0.2) is 0 Å². The molecule has 2 unspecified atom stereocenters. The smallest absolute Gasteiger partial charge is 0.234 e. The van der Waals surface area contributed by atoms with Gasteiger partial charge in [-0.15, -0.1) is 0 Å². The molecule has 2 atom stereocenters. The number of hydrogen-bond donors (Lipinski definition) is 3. The molecule has 1 amide bonds. The van der Waals surface area contributed by atoms with E-state index >= 15 is 0 Å². The molecule has 2 rings (SSSR count). The van der Waals surface area contributed by atoms with E-state index in [1.54, 1.807) is 0 Å². The zero-order chi connectivity index (χ0) is 14.4. The van der Waals surface area contributed by atoms with E-state index in [0.717, 1.165) is 12.8 Å². The molecule has 2 aliphatic rings. The highest BCUT2D eigenvalue weighted by Crippen LogP contribution is 2.24. The molecule has 1 aliphatic heterocycles. The summed E-state index contributed by atoms with van der Waals surface area (Å²) in [5.74, 6) is 0.0343. The van der Waals surface area contributed by atoms with E-state index < -0.39 is 5.60 Å². The van der Waals surface area contributed by atoms with Gasteiger partial charge in [0.1, 0.15) is 5.60 Å². The standard InChI is InChI=1S/C15H28N2O3/c1-12-15(19,8-9-20-12)11-16-10-14(18)17-13-6-4-2-3-5-7-13/h12-13,16,19H,2-11H2,1H3,(H,17,18). The third kappa shape index (κ3) is 4.43. The average Bonchev–Trinajstić information content (AvgIpc) is 2.62. The van der Waals surface area contributed by atoms with Crippen LogP contribution in [0.1, 0.15) is 51.9 Å². The predicted molar refractivity (Wildman–Crippen MR) is 77.5 cm³/mol. The molecule has 1 aliphatic carbocycles. The van der Waals surface area contributed by atoms with Crippen molar-refractivity contribution in [2.75, 3.05) is 19.7 Å². The number of amides is 1. The van der Waals surface area contributed by atoms with Gasteiger partial charge < -0.3 is 20.5 Å². The Hall–Kier alpha value is -0.650. The lowest BCUT2D eigenvalue weighted by Gasteiger charge is -2.26. The Morgan fingerprint density at radius 3 is 2.60 bits per heavy atom. The van der Waals surface area contributed by atoms with Crippen LogP contribution in [0, 0.1) is 0 Å². The van der Waals surface area contributed by atoms with Crippen molar-refractivity contribution in [3.05, 3.63) is 0 Å². The van der Waals surface area contributed by atoms with Crippen LogP contribution in [-0.4, -0.2) is 48.5 Å². The third-order valence-electron chi connectivity index (χ3n) is 4.60. The molecule has 1 saturated carbocycles. The minimum Gasteiger partial charge on any atom is -0.386 e. The molecule has 1 heterocycles. The molecule has 1 saturated heterocycles. The summed E-state index contributed by atoms with van der Waals surface area (Å²) in [5, 5.41) is 16.5. The molecular weight excluding hydrogens is 256 g/mol. The molecule has 2 fully saturated rings. The summed E-state index contributed by atoms with van der Waals surface area (Å²) in [6, 6.07) is 0.337. The van der Waals surface area contributed by atoms with Crippen molar-refractivity contribution >= 4 is 5.91 Å². The van der Waals surface area contributed by atoms with Gasteiger partial charge in [-0.2, -0.15) is 0 Å². The molecule has 0 bridgehead atoms. The van der Waals surface area contributed by atoms with Crippen molar-refractivity contribution < 1.29 is 14.6 Å². The number of nitrogens with one attached hydrogen (secondary N) is 2. The summed E-state index contributed by atoms with van der Waals surface area (Å²) in [5.41, 5.74) is -0.831. The van der Waals surface area contributed by atoms with E-state index in [2.05, 4.69) is 10.6 Å². The van der Waals surface area contributed by atoms with Crippen LogP contribution in [0.2, 0.25) is 0 Å². The molecule has 116 valence electrons. The van der Waals surface area contributed by atoms with E-state index in [1.165, 1.54) is 25.7 Å². The van der Waals surface area contributed by atoms with E-state index in [-0.39, 0.29) is 18.6 Å². The van der Waals surface area contributed by atoms with Crippen LogP contribution >= 0.6 is 0 Å². The van der Waals surface area contributed by atoms with Gasteiger partial charge in [0.25, 0.3) is 0 Å². The van der Waals surface area contributed by atoms with Crippen molar-refractivity contribution in [3.8, 4) is 0 Å². The number of aliphatic hydroxyl groups is 1. The lowest BCUT2D eigenvalue weighted by molar-refractivity contribution is -0.121. The van der Waals surface area contributed by atoms with E-state index in [0.29, 0.717) is 25.6 Å². The van der Waals surface area contributed by atoms with Crippen LogP contribution in [-0.2, 0) is 9.53 Å². The second-order valence-electron chi connectivity index (χ2n) is 6.23. The van der Waals surface area contributed by atoms with Gasteiger partial charge in [0.2, 0.25) is 5.91 Å². The maximum Gasteiger partial charge on any atom is 0.234 e. The van der Waals surface area contributed by atoms with E-state index in [9.17, 15) is 9.90 Å². The SMILES string of the molecule is CC1OCCC1(O)CNCC(=O)NC1CCCCCC1. The largest absolute Gasteiger partial charge is 0.386 e. The molecule has 5 nitrogen and oxygen atoms in total. The van der Waals surface area contributed by atoms with Crippen molar-refractivity contribution in [2.45, 2.75) is 69.6 Å². The van der Waals surface area contributed by atoms with E-state index in [4.69, 9.17) is 4.74 Å². The number of carbonyl (C=O) groups is 1. The highest BCUT2D eigenvalue weighted by atomic mass is 16.5. The first-order valence-electron chi connectivity index (χ1n) is 7.94. The number of rotatable bonds is 5. The maximum absolute atomic E-state index is 11.9. The average molecular weight is 284 g/mol. The first-order chi connectivity index (χ1) is 9.60. The van der Waals surface area contributed by atoms with Crippen LogP contribution in [0.4, 0.5) is 0 Å². The van der Waals surface area contributed by atoms with Gasteiger partial charge in [-0.25, -0.2) is 0 Å². The third-order valence-corrected chi connectivity index (χ3v) is 4.60. The molecule has 5 heteroatoms. The van der Waals surface area contributed by atoms with Crippen molar-refractivity contribution in [1.82, 2.24) is 10.6 Å². The molecule has 20 heavy (non-hydrogen) atoms. The van der Waals surface area contributed by atoms with Crippen LogP contribution < -0.4 is 10.6 Å². The molecule has 0 radical (unpaired) electrons. The molecule has 0 aromatic carbocycles. The first kappa shape index (κ1) is 15.7. The fraction of sp³-hybridized carbons (Fsp3) is 0.933. The van der Waals surface area contributed by atoms with Crippen LogP contribution in [0.3, 0.4) is 0 Å². The Balaban J connectivity index is 1.64. The molecule has 3 N–H and O–H groups in total.